The van der Waals surface area contributed by atoms with E-state index in [2.05, 4.69) is 4.74 Å². The topological polar surface area (TPSA) is 30.7 Å². The van der Waals surface area contributed by atoms with Crippen molar-refractivity contribution in [1.29, 1.82) is 0 Å². The molecule has 0 spiro atoms. The van der Waals surface area contributed by atoms with E-state index >= 15 is 0 Å². The Balaban J connectivity index is 0. The molecule has 4 heteroatoms. The summed E-state index contributed by atoms with van der Waals surface area (Å²) in [5.41, 5.74) is 0. The van der Waals surface area contributed by atoms with Crippen LogP contribution in [0.25, 0.3) is 0 Å². The molecule has 0 unspecified atom stereocenters. The van der Waals surface area contributed by atoms with Crippen LogP contribution < -0.4 is 17.3 Å². The Labute approximate surface area is 61.4 Å². The van der Waals surface area contributed by atoms with Crippen molar-refractivity contribution in [2.45, 2.75) is 6.92 Å². The fraction of sp³-hybridized carbons (Fsp3) is 0.800. The Morgan fingerprint density at radius 2 is 2.00 bits per heavy atom. The van der Waals surface area contributed by atoms with Crippen molar-refractivity contribution in [3.8, 4) is 0 Å². The van der Waals surface area contributed by atoms with Gasteiger partial charge in [-0.2, -0.15) is 0 Å². The van der Waals surface area contributed by atoms with E-state index in [1.807, 2.05) is 14.1 Å². The maximum atomic E-state index is 10.1. The molecule has 9 heavy (non-hydrogen) atoms. The van der Waals surface area contributed by atoms with Gasteiger partial charge < -0.3 is 22.0 Å². The summed E-state index contributed by atoms with van der Waals surface area (Å²) in [5.74, 6) is -0.216. The van der Waals surface area contributed by atoms with Gasteiger partial charge in [0.05, 0.1) is 14.1 Å². The normalized spacial score (nSPS) is 8.44. The molecular formula is C5H12ClNO2. The summed E-state index contributed by atoms with van der Waals surface area (Å²) < 4.78 is 4.63. The molecule has 0 atom stereocenters. The van der Waals surface area contributed by atoms with Gasteiger partial charge in [0.2, 0.25) is 6.73 Å². The zero-order chi connectivity index (χ0) is 6.57. The number of carbonyl (C=O) groups excluding carboxylic acids is 1. The lowest BCUT2D eigenvalue weighted by Crippen LogP contribution is -3.06. The third-order valence-electron chi connectivity index (χ3n) is 0.564. The number of carbonyl (C=O) groups is 1. The van der Waals surface area contributed by atoms with Crippen molar-refractivity contribution < 1.29 is 26.8 Å². The van der Waals surface area contributed by atoms with Crippen molar-refractivity contribution in [3.63, 3.8) is 0 Å². The Morgan fingerprint density at radius 1 is 1.56 bits per heavy atom. The van der Waals surface area contributed by atoms with Gasteiger partial charge in [0.1, 0.15) is 0 Å². The van der Waals surface area contributed by atoms with Crippen molar-refractivity contribution in [1.82, 2.24) is 0 Å². The molecule has 0 fully saturated rings. The monoisotopic (exact) mass is 153 g/mol. The number of ether oxygens (including phenoxy) is 1. The highest BCUT2D eigenvalue weighted by atomic mass is 35.5. The first-order chi connectivity index (χ1) is 3.63. The first kappa shape index (κ1) is 11.5. The highest BCUT2D eigenvalue weighted by Gasteiger charge is 1.93. The summed E-state index contributed by atoms with van der Waals surface area (Å²) in [6, 6.07) is 0. The molecular weight excluding hydrogens is 142 g/mol. The molecule has 0 aromatic carbocycles. The first-order valence-corrected chi connectivity index (χ1v) is 2.55. The number of hydrogen-bond donors (Lipinski definition) is 1. The van der Waals surface area contributed by atoms with Crippen LogP contribution in [0.15, 0.2) is 0 Å². The van der Waals surface area contributed by atoms with E-state index in [0.29, 0.717) is 6.73 Å². The maximum absolute atomic E-state index is 10.1. The third-order valence-corrected chi connectivity index (χ3v) is 0.564. The second kappa shape index (κ2) is 5.85. The fourth-order valence-electron chi connectivity index (χ4n) is 0.246. The number of hydrogen-bond acceptors (Lipinski definition) is 2. The molecule has 0 aliphatic rings. The van der Waals surface area contributed by atoms with Crippen LogP contribution in [0.5, 0.6) is 0 Å². The fourth-order valence-corrected chi connectivity index (χ4v) is 0.246. The predicted molar refractivity (Wildman–Crippen MR) is 29.4 cm³/mol. The van der Waals surface area contributed by atoms with Crippen molar-refractivity contribution >= 4 is 5.97 Å². The van der Waals surface area contributed by atoms with E-state index < -0.39 is 0 Å². The molecule has 0 aliphatic carbocycles. The molecule has 1 N–H and O–H groups in total. The minimum atomic E-state index is -0.216. The smallest absolute Gasteiger partial charge is 0.306 e. The van der Waals surface area contributed by atoms with Crippen LogP contribution >= 0.6 is 0 Å². The average molecular weight is 154 g/mol. The summed E-state index contributed by atoms with van der Waals surface area (Å²) >= 11 is 0. The Morgan fingerprint density at radius 3 is 2.11 bits per heavy atom. The summed E-state index contributed by atoms with van der Waals surface area (Å²) in [5, 5.41) is 0. The number of quaternary nitrogens is 1. The highest BCUT2D eigenvalue weighted by Crippen LogP contribution is 1.65. The summed E-state index contributed by atoms with van der Waals surface area (Å²) in [6.45, 7) is 1.86. The molecule has 0 aromatic rings. The number of rotatable bonds is 2. The van der Waals surface area contributed by atoms with E-state index in [9.17, 15) is 4.79 Å². The Bertz CT molecular complexity index is 85.0. The number of esters is 1. The molecule has 0 rings (SSSR count). The second-order valence-corrected chi connectivity index (χ2v) is 1.99. The van der Waals surface area contributed by atoms with Crippen LogP contribution in [0.2, 0.25) is 0 Å². The molecule has 0 aliphatic heterocycles. The van der Waals surface area contributed by atoms with Crippen LogP contribution in [-0.4, -0.2) is 26.8 Å². The largest absolute Gasteiger partial charge is 1.00 e. The van der Waals surface area contributed by atoms with E-state index in [-0.39, 0.29) is 18.4 Å². The van der Waals surface area contributed by atoms with Gasteiger partial charge in [-0.15, -0.1) is 0 Å². The number of halogens is 1. The van der Waals surface area contributed by atoms with Crippen molar-refractivity contribution in [2.24, 2.45) is 0 Å². The minimum absolute atomic E-state index is 0. The van der Waals surface area contributed by atoms with Crippen LogP contribution in [0.3, 0.4) is 0 Å². The molecule has 0 saturated heterocycles. The van der Waals surface area contributed by atoms with Gasteiger partial charge in [0, 0.05) is 6.92 Å². The Hall–Kier alpha value is -0.280. The standard InChI is InChI=1S/C5H11NO2.ClH/c1-5(7)8-4-6(2)3;/h4H2,1-3H3;1H. The van der Waals surface area contributed by atoms with E-state index in [4.69, 9.17) is 0 Å². The summed E-state index contributed by atoms with van der Waals surface area (Å²) in [6.07, 6.45) is 0. The molecule has 0 aromatic heterocycles. The average Bonchev–Trinajstić information content (AvgIpc) is 1.61. The molecule has 3 nitrogen and oxygen atoms in total. The minimum Gasteiger partial charge on any atom is -1.00 e. The molecule has 0 saturated carbocycles. The van der Waals surface area contributed by atoms with Crippen molar-refractivity contribution in [3.05, 3.63) is 0 Å². The lowest BCUT2D eigenvalue weighted by molar-refractivity contribution is -0.877. The zero-order valence-electron chi connectivity index (χ0n) is 5.90. The van der Waals surface area contributed by atoms with Gasteiger partial charge >= 0.3 is 5.97 Å². The first-order valence-electron chi connectivity index (χ1n) is 2.55. The van der Waals surface area contributed by atoms with Crippen LogP contribution in [0, 0.1) is 0 Å². The highest BCUT2D eigenvalue weighted by molar-refractivity contribution is 5.65. The maximum Gasteiger partial charge on any atom is 0.306 e. The van der Waals surface area contributed by atoms with E-state index in [1.54, 1.807) is 0 Å². The van der Waals surface area contributed by atoms with E-state index in [1.165, 1.54) is 6.92 Å². The third kappa shape index (κ3) is 11.3. The predicted octanol–water partition coefficient (Wildman–Crippen LogP) is -4.34. The molecule has 0 amide bonds. The molecule has 0 heterocycles. The quantitative estimate of drug-likeness (QED) is 0.321. The zero-order valence-corrected chi connectivity index (χ0v) is 6.66. The van der Waals surface area contributed by atoms with Gasteiger partial charge in [0.25, 0.3) is 0 Å². The summed E-state index contributed by atoms with van der Waals surface area (Å²) in [4.78, 5) is 11.2. The van der Waals surface area contributed by atoms with Crippen LogP contribution in [-0.2, 0) is 9.53 Å². The second-order valence-electron chi connectivity index (χ2n) is 1.99. The van der Waals surface area contributed by atoms with Crippen LogP contribution in [0.1, 0.15) is 6.92 Å². The lowest BCUT2D eigenvalue weighted by atomic mass is 10.8. The summed E-state index contributed by atoms with van der Waals surface area (Å²) in [7, 11) is 3.84. The van der Waals surface area contributed by atoms with Gasteiger partial charge in [0.15, 0.2) is 0 Å². The van der Waals surface area contributed by atoms with Gasteiger partial charge in [-0.05, 0) is 0 Å². The molecule has 0 radical (unpaired) electrons. The molecule has 0 bridgehead atoms. The van der Waals surface area contributed by atoms with Gasteiger partial charge in [-0.25, -0.2) is 0 Å². The van der Waals surface area contributed by atoms with E-state index in [0.717, 1.165) is 4.90 Å². The SMILES string of the molecule is CC(=O)OC[NH+](C)C.[Cl-]. The van der Waals surface area contributed by atoms with Gasteiger partial charge in [-0.3, -0.25) is 4.79 Å². The van der Waals surface area contributed by atoms with Crippen LogP contribution in [0.4, 0.5) is 0 Å². The van der Waals surface area contributed by atoms with Gasteiger partial charge in [-0.1, -0.05) is 0 Å². The Kier molecular flexibility index (Phi) is 7.48. The van der Waals surface area contributed by atoms with Crippen molar-refractivity contribution in [2.75, 3.05) is 20.8 Å². The lowest BCUT2D eigenvalue weighted by Gasteiger charge is -2.04. The number of nitrogens with one attached hydrogen (secondary N) is 1. The molecule has 56 valence electrons.